The van der Waals surface area contributed by atoms with E-state index in [1.807, 2.05) is 17.9 Å². The fraction of sp³-hybridized carbons (Fsp3) is 0.412. The number of hydrogen-bond donors (Lipinski definition) is 1. The highest BCUT2D eigenvalue weighted by atomic mass is 32.2. The topological polar surface area (TPSA) is 82.6 Å². The summed E-state index contributed by atoms with van der Waals surface area (Å²) in [4.78, 5) is 20.7. The molecule has 1 fully saturated rings. The van der Waals surface area contributed by atoms with Crippen molar-refractivity contribution in [3.05, 3.63) is 35.3 Å². The van der Waals surface area contributed by atoms with Gasteiger partial charge in [0.15, 0.2) is 0 Å². The van der Waals surface area contributed by atoms with Gasteiger partial charge in [0.2, 0.25) is 5.91 Å². The summed E-state index contributed by atoms with van der Waals surface area (Å²) in [5.41, 5.74) is 0.433. The highest BCUT2D eigenvalue weighted by molar-refractivity contribution is 7.94. The summed E-state index contributed by atoms with van der Waals surface area (Å²) < 4.78 is 27.8. The number of carbonyl (C=O) groups is 1. The number of aromatic nitrogens is 1. The number of anilines is 2. The summed E-state index contributed by atoms with van der Waals surface area (Å²) in [6.45, 7) is 6.34. The van der Waals surface area contributed by atoms with Gasteiger partial charge in [-0.2, -0.15) is 0 Å². The molecular formula is C17H22N4O3S2. The zero-order chi connectivity index (χ0) is 18.7. The van der Waals surface area contributed by atoms with Crippen LogP contribution in [0, 0.1) is 0 Å². The number of aryl methyl sites for hydroxylation is 1. The molecule has 0 aromatic carbocycles. The van der Waals surface area contributed by atoms with Crippen LogP contribution in [-0.4, -0.2) is 50.4 Å². The molecule has 3 rings (SSSR count). The summed E-state index contributed by atoms with van der Waals surface area (Å²) in [6.07, 6.45) is 2.34. The van der Waals surface area contributed by atoms with Crippen LogP contribution < -0.4 is 9.62 Å². The van der Waals surface area contributed by atoms with E-state index >= 15 is 0 Å². The molecule has 9 heteroatoms. The third-order valence-electron chi connectivity index (χ3n) is 4.30. The van der Waals surface area contributed by atoms with Gasteiger partial charge in [-0.3, -0.25) is 9.52 Å². The van der Waals surface area contributed by atoms with Crippen LogP contribution in [0.4, 0.5) is 11.5 Å². The normalized spacial score (nSPS) is 15.2. The minimum atomic E-state index is -3.59. The summed E-state index contributed by atoms with van der Waals surface area (Å²) in [5.74, 6) is 0.864. The van der Waals surface area contributed by atoms with E-state index in [1.165, 1.54) is 17.5 Å². The van der Waals surface area contributed by atoms with E-state index in [1.54, 1.807) is 25.1 Å². The van der Waals surface area contributed by atoms with E-state index in [4.69, 9.17) is 0 Å². The number of amides is 1. The first-order valence-electron chi connectivity index (χ1n) is 8.47. The molecule has 0 bridgehead atoms. The van der Waals surface area contributed by atoms with Crippen molar-refractivity contribution in [1.29, 1.82) is 0 Å². The number of carbonyl (C=O) groups excluding carboxylic acids is 1. The van der Waals surface area contributed by atoms with E-state index in [2.05, 4.69) is 14.6 Å². The average molecular weight is 395 g/mol. The highest BCUT2D eigenvalue weighted by Crippen LogP contribution is 2.25. The number of sulfonamides is 1. The van der Waals surface area contributed by atoms with Crippen LogP contribution in [0.5, 0.6) is 0 Å². The van der Waals surface area contributed by atoms with Gasteiger partial charge in [-0.15, -0.1) is 11.3 Å². The fourth-order valence-corrected chi connectivity index (χ4v) is 5.12. The third-order valence-corrected chi connectivity index (χ3v) is 7.40. The first-order valence-corrected chi connectivity index (χ1v) is 10.8. The van der Waals surface area contributed by atoms with Gasteiger partial charge in [0.25, 0.3) is 10.0 Å². The highest BCUT2D eigenvalue weighted by Gasteiger charge is 2.20. The van der Waals surface area contributed by atoms with Crippen LogP contribution in [0.25, 0.3) is 0 Å². The lowest BCUT2D eigenvalue weighted by atomic mass is 10.3. The fourth-order valence-electron chi connectivity index (χ4n) is 2.78. The van der Waals surface area contributed by atoms with E-state index in [0.717, 1.165) is 17.1 Å². The number of nitrogens with zero attached hydrogens (tertiary/aromatic N) is 3. The van der Waals surface area contributed by atoms with Crippen molar-refractivity contribution in [2.75, 3.05) is 35.8 Å². The molecule has 7 nitrogen and oxygen atoms in total. The Hall–Kier alpha value is -2.13. The molecule has 1 aliphatic heterocycles. The van der Waals surface area contributed by atoms with Gasteiger partial charge < -0.3 is 9.80 Å². The Balaban J connectivity index is 1.65. The Morgan fingerprint density at radius 3 is 2.46 bits per heavy atom. The van der Waals surface area contributed by atoms with Crippen molar-refractivity contribution in [2.45, 2.75) is 24.5 Å². The maximum absolute atomic E-state index is 12.4. The van der Waals surface area contributed by atoms with Crippen LogP contribution in [0.15, 0.2) is 34.7 Å². The van der Waals surface area contributed by atoms with Crippen molar-refractivity contribution in [2.24, 2.45) is 0 Å². The average Bonchev–Trinajstić information content (AvgIpc) is 3.12. The molecule has 0 saturated carbocycles. The first-order chi connectivity index (χ1) is 12.4. The summed E-state index contributed by atoms with van der Waals surface area (Å²) >= 11 is 1.28. The predicted molar refractivity (Wildman–Crippen MR) is 103 cm³/mol. The largest absolute Gasteiger partial charge is 0.353 e. The summed E-state index contributed by atoms with van der Waals surface area (Å²) in [7, 11) is -3.59. The van der Waals surface area contributed by atoms with Gasteiger partial charge in [0, 0.05) is 38.0 Å². The van der Waals surface area contributed by atoms with E-state index in [-0.39, 0.29) is 5.91 Å². The number of pyridine rings is 1. The van der Waals surface area contributed by atoms with Crippen molar-refractivity contribution < 1.29 is 13.2 Å². The van der Waals surface area contributed by atoms with Crippen LogP contribution in [0.3, 0.4) is 0 Å². The Bertz CT molecular complexity index is 870. The molecule has 26 heavy (non-hydrogen) atoms. The minimum absolute atomic E-state index is 0.0853. The molecule has 1 saturated heterocycles. The van der Waals surface area contributed by atoms with Crippen LogP contribution in [0.2, 0.25) is 0 Å². The van der Waals surface area contributed by atoms with E-state index in [9.17, 15) is 13.2 Å². The molecule has 0 spiro atoms. The molecule has 0 atom stereocenters. The van der Waals surface area contributed by atoms with Gasteiger partial charge in [-0.05, 0) is 30.7 Å². The quantitative estimate of drug-likeness (QED) is 0.840. The molecule has 0 radical (unpaired) electrons. The molecular weight excluding hydrogens is 372 g/mol. The van der Waals surface area contributed by atoms with Gasteiger partial charge in [-0.1, -0.05) is 6.92 Å². The Labute approximate surface area is 157 Å². The molecule has 1 N–H and O–H groups in total. The van der Waals surface area contributed by atoms with E-state index < -0.39 is 10.0 Å². The number of hydrogen-bond acceptors (Lipinski definition) is 6. The van der Waals surface area contributed by atoms with Crippen molar-refractivity contribution >= 4 is 38.8 Å². The van der Waals surface area contributed by atoms with Gasteiger partial charge in [0.05, 0.1) is 11.9 Å². The number of nitrogens with one attached hydrogen (secondary N) is 1. The second-order valence-corrected chi connectivity index (χ2v) is 9.16. The van der Waals surface area contributed by atoms with Crippen LogP contribution >= 0.6 is 11.3 Å². The minimum Gasteiger partial charge on any atom is -0.353 e. The second kappa shape index (κ2) is 7.63. The number of thiophene rings is 1. The molecule has 2 aromatic heterocycles. The maximum Gasteiger partial charge on any atom is 0.271 e. The van der Waals surface area contributed by atoms with Crippen molar-refractivity contribution in [1.82, 2.24) is 9.88 Å². The van der Waals surface area contributed by atoms with Crippen LogP contribution in [0.1, 0.15) is 18.7 Å². The second-order valence-electron chi connectivity index (χ2n) is 6.08. The van der Waals surface area contributed by atoms with Crippen molar-refractivity contribution in [3.63, 3.8) is 0 Å². The maximum atomic E-state index is 12.4. The van der Waals surface area contributed by atoms with Crippen molar-refractivity contribution in [3.8, 4) is 0 Å². The van der Waals surface area contributed by atoms with E-state index in [0.29, 0.717) is 36.1 Å². The standard InChI is InChI=1S/C17H22N4O3S2/c1-3-15-5-7-17(25-15)26(23,24)19-14-4-6-16(18-12-14)21-10-8-20(9-11-21)13(2)22/h4-7,12,19H,3,8-11H2,1-2H3. The lowest BCUT2D eigenvalue weighted by Crippen LogP contribution is -2.48. The lowest BCUT2D eigenvalue weighted by Gasteiger charge is -2.34. The molecule has 140 valence electrons. The monoisotopic (exact) mass is 394 g/mol. The summed E-state index contributed by atoms with van der Waals surface area (Å²) in [5, 5.41) is 0. The number of rotatable bonds is 5. The Kier molecular flexibility index (Phi) is 5.47. The van der Waals surface area contributed by atoms with Gasteiger partial charge in [-0.25, -0.2) is 13.4 Å². The zero-order valence-corrected chi connectivity index (χ0v) is 16.4. The first kappa shape index (κ1) is 18.7. The smallest absolute Gasteiger partial charge is 0.271 e. The summed E-state index contributed by atoms with van der Waals surface area (Å²) in [6, 6.07) is 6.97. The Morgan fingerprint density at radius 2 is 1.92 bits per heavy atom. The number of piperazine rings is 1. The predicted octanol–water partition coefficient (Wildman–Crippen LogP) is 2.17. The van der Waals surface area contributed by atoms with Gasteiger partial charge in [0.1, 0.15) is 10.0 Å². The van der Waals surface area contributed by atoms with Crippen LogP contribution in [-0.2, 0) is 21.2 Å². The molecule has 2 aromatic rings. The Morgan fingerprint density at radius 1 is 1.19 bits per heavy atom. The molecule has 0 aliphatic carbocycles. The molecule has 0 unspecified atom stereocenters. The molecule has 1 aliphatic rings. The van der Waals surface area contributed by atoms with Gasteiger partial charge >= 0.3 is 0 Å². The molecule has 3 heterocycles. The lowest BCUT2D eigenvalue weighted by molar-refractivity contribution is -0.129. The SMILES string of the molecule is CCc1ccc(S(=O)(=O)Nc2ccc(N3CCN(C(C)=O)CC3)nc2)s1. The molecule has 1 amide bonds. The zero-order valence-electron chi connectivity index (χ0n) is 14.8. The third kappa shape index (κ3) is 4.16.